The Morgan fingerprint density at radius 2 is 1.87 bits per heavy atom. The van der Waals surface area contributed by atoms with Gasteiger partial charge in [0, 0.05) is 5.39 Å². The number of unbranched alkanes of at least 4 members (excludes halogenated alkanes) is 1. The lowest BCUT2D eigenvalue weighted by Gasteiger charge is -2.13. The van der Waals surface area contributed by atoms with E-state index in [0.29, 0.717) is 17.2 Å². The minimum Gasteiger partial charge on any atom is -0.493 e. The molecule has 2 N–H and O–H groups in total. The predicted molar refractivity (Wildman–Crippen MR) is 122 cm³/mol. The maximum absolute atomic E-state index is 13.9. The molecule has 0 bridgehead atoms. The standard InChI is InChI=1S/C24H23FN2O2S/c1-2-3-14-29-21-13-12-16(17-8-4-5-9-18(17)21)15-22-23(28)27-24(30-22)26-20-11-7-6-10-19(20)25/h4-13,15,24,26H,2-3,14H2,1H3,(H,27,28)/b22-15-. The van der Waals surface area contributed by atoms with E-state index in [1.54, 1.807) is 18.2 Å². The minimum absolute atomic E-state index is 0.179. The Kier molecular flexibility index (Phi) is 6.23. The van der Waals surface area contributed by atoms with Gasteiger partial charge in [0.05, 0.1) is 17.2 Å². The van der Waals surface area contributed by atoms with Crippen molar-refractivity contribution in [2.24, 2.45) is 0 Å². The third kappa shape index (κ3) is 4.44. The van der Waals surface area contributed by atoms with Crippen LogP contribution >= 0.6 is 11.8 Å². The van der Waals surface area contributed by atoms with E-state index in [2.05, 4.69) is 17.6 Å². The highest BCUT2D eigenvalue weighted by Crippen LogP contribution is 2.34. The number of carbonyl (C=O) groups excluding carboxylic acids is 1. The van der Waals surface area contributed by atoms with Gasteiger partial charge in [-0.05, 0) is 41.6 Å². The minimum atomic E-state index is -0.427. The molecule has 4 nitrogen and oxygen atoms in total. The summed E-state index contributed by atoms with van der Waals surface area (Å²) in [5.41, 5.74) is 0.872. The fraction of sp³-hybridized carbons (Fsp3) is 0.208. The number of ether oxygens (including phenoxy) is 1. The van der Waals surface area contributed by atoms with Gasteiger partial charge in [0.25, 0.3) is 5.91 Å². The van der Waals surface area contributed by atoms with E-state index in [0.717, 1.165) is 34.9 Å². The largest absolute Gasteiger partial charge is 0.493 e. The molecule has 0 radical (unpaired) electrons. The Morgan fingerprint density at radius 3 is 2.67 bits per heavy atom. The molecule has 3 aromatic carbocycles. The van der Waals surface area contributed by atoms with Gasteiger partial charge >= 0.3 is 0 Å². The van der Waals surface area contributed by atoms with Crippen LogP contribution in [-0.2, 0) is 4.79 Å². The lowest BCUT2D eigenvalue weighted by molar-refractivity contribution is -0.116. The second-order valence-electron chi connectivity index (χ2n) is 7.00. The number of carbonyl (C=O) groups is 1. The first-order valence-corrected chi connectivity index (χ1v) is 10.9. The molecule has 6 heteroatoms. The first kappa shape index (κ1) is 20.3. The maximum Gasteiger partial charge on any atom is 0.260 e. The Labute approximate surface area is 179 Å². The summed E-state index contributed by atoms with van der Waals surface area (Å²) in [5.74, 6) is 0.319. The predicted octanol–water partition coefficient (Wildman–Crippen LogP) is 5.76. The van der Waals surface area contributed by atoms with Gasteiger partial charge in [-0.25, -0.2) is 4.39 Å². The zero-order chi connectivity index (χ0) is 20.9. The normalized spacial score (nSPS) is 17.3. The van der Waals surface area contributed by atoms with Crippen LogP contribution in [0.15, 0.2) is 65.6 Å². The molecule has 4 rings (SSSR count). The molecule has 0 aromatic heterocycles. The van der Waals surface area contributed by atoms with Crippen LogP contribution in [0.25, 0.3) is 16.8 Å². The molecule has 1 atom stereocenters. The number of para-hydroxylation sites is 1. The number of benzene rings is 3. The summed E-state index contributed by atoms with van der Waals surface area (Å²) in [7, 11) is 0. The summed E-state index contributed by atoms with van der Waals surface area (Å²) in [6, 6.07) is 18.4. The molecule has 3 aromatic rings. The third-order valence-corrected chi connectivity index (χ3v) is 5.88. The Morgan fingerprint density at radius 1 is 1.10 bits per heavy atom. The lowest BCUT2D eigenvalue weighted by Crippen LogP contribution is -2.31. The molecule has 1 aliphatic rings. The van der Waals surface area contributed by atoms with Crippen molar-refractivity contribution in [3.63, 3.8) is 0 Å². The summed E-state index contributed by atoms with van der Waals surface area (Å²) < 4.78 is 19.8. The van der Waals surface area contributed by atoms with E-state index >= 15 is 0 Å². The average Bonchev–Trinajstić information content (AvgIpc) is 3.10. The van der Waals surface area contributed by atoms with Crippen molar-refractivity contribution in [2.45, 2.75) is 25.3 Å². The molecule has 0 saturated carbocycles. The van der Waals surface area contributed by atoms with Gasteiger partial charge in [0.1, 0.15) is 11.6 Å². The molecule has 1 unspecified atom stereocenters. The van der Waals surface area contributed by atoms with E-state index in [-0.39, 0.29) is 11.7 Å². The fourth-order valence-electron chi connectivity index (χ4n) is 3.30. The highest BCUT2D eigenvalue weighted by atomic mass is 32.2. The molecule has 1 fully saturated rings. The van der Waals surface area contributed by atoms with Crippen LogP contribution in [0, 0.1) is 5.82 Å². The first-order chi connectivity index (χ1) is 14.7. The van der Waals surface area contributed by atoms with E-state index in [1.807, 2.05) is 42.5 Å². The van der Waals surface area contributed by atoms with E-state index in [9.17, 15) is 9.18 Å². The lowest BCUT2D eigenvalue weighted by atomic mass is 10.0. The van der Waals surface area contributed by atoms with Crippen molar-refractivity contribution >= 4 is 40.2 Å². The van der Waals surface area contributed by atoms with Crippen LogP contribution in [0.3, 0.4) is 0 Å². The zero-order valence-corrected chi connectivity index (χ0v) is 17.5. The average molecular weight is 423 g/mol. The van der Waals surface area contributed by atoms with Crippen LogP contribution in [0.4, 0.5) is 10.1 Å². The number of amides is 1. The number of hydrogen-bond donors (Lipinski definition) is 2. The Balaban J connectivity index is 1.58. The van der Waals surface area contributed by atoms with Crippen molar-refractivity contribution in [2.75, 3.05) is 11.9 Å². The summed E-state index contributed by atoms with van der Waals surface area (Å²) in [6.45, 7) is 2.82. The van der Waals surface area contributed by atoms with Crippen LogP contribution in [0.1, 0.15) is 25.3 Å². The first-order valence-electron chi connectivity index (χ1n) is 10.0. The van der Waals surface area contributed by atoms with Gasteiger partial charge in [-0.15, -0.1) is 0 Å². The number of rotatable bonds is 7. The molecule has 1 heterocycles. The number of nitrogens with one attached hydrogen (secondary N) is 2. The van der Waals surface area contributed by atoms with Gasteiger partial charge in [-0.2, -0.15) is 0 Å². The summed E-state index contributed by atoms with van der Waals surface area (Å²) in [5, 5.41) is 7.92. The van der Waals surface area contributed by atoms with Gasteiger partial charge in [0.2, 0.25) is 0 Å². The maximum atomic E-state index is 13.9. The zero-order valence-electron chi connectivity index (χ0n) is 16.7. The van der Waals surface area contributed by atoms with Crippen LogP contribution in [0.2, 0.25) is 0 Å². The molecule has 1 saturated heterocycles. The van der Waals surface area contributed by atoms with Gasteiger partial charge in [0.15, 0.2) is 5.50 Å². The third-order valence-electron chi connectivity index (χ3n) is 4.85. The highest BCUT2D eigenvalue weighted by Gasteiger charge is 2.27. The molecular weight excluding hydrogens is 399 g/mol. The molecule has 154 valence electrons. The molecule has 1 amide bonds. The Hall–Kier alpha value is -2.99. The van der Waals surface area contributed by atoms with Crippen molar-refractivity contribution in [3.8, 4) is 5.75 Å². The molecule has 1 aliphatic heterocycles. The fourth-order valence-corrected chi connectivity index (χ4v) is 4.27. The number of thioether (sulfide) groups is 1. The van der Waals surface area contributed by atoms with Crippen molar-refractivity contribution in [3.05, 3.63) is 76.9 Å². The van der Waals surface area contributed by atoms with E-state index < -0.39 is 5.50 Å². The molecular formula is C24H23FN2O2S. The monoisotopic (exact) mass is 422 g/mol. The topological polar surface area (TPSA) is 50.4 Å². The van der Waals surface area contributed by atoms with Crippen LogP contribution in [0.5, 0.6) is 5.75 Å². The van der Waals surface area contributed by atoms with Gasteiger partial charge < -0.3 is 15.4 Å². The second-order valence-corrected chi connectivity index (χ2v) is 8.15. The summed E-state index contributed by atoms with van der Waals surface area (Å²) in [6.07, 6.45) is 3.96. The number of hydrogen-bond acceptors (Lipinski definition) is 4. The van der Waals surface area contributed by atoms with Crippen LogP contribution < -0.4 is 15.4 Å². The summed E-state index contributed by atoms with van der Waals surface area (Å²) >= 11 is 1.34. The van der Waals surface area contributed by atoms with Crippen molar-refractivity contribution in [1.29, 1.82) is 0 Å². The van der Waals surface area contributed by atoms with Gasteiger partial charge in [-0.1, -0.05) is 67.6 Å². The number of anilines is 1. The van der Waals surface area contributed by atoms with Crippen molar-refractivity contribution in [1.82, 2.24) is 5.32 Å². The number of halogens is 1. The second kappa shape index (κ2) is 9.22. The van der Waals surface area contributed by atoms with E-state index in [4.69, 9.17) is 4.74 Å². The van der Waals surface area contributed by atoms with Gasteiger partial charge in [-0.3, -0.25) is 4.79 Å². The molecule has 0 aliphatic carbocycles. The molecule has 30 heavy (non-hydrogen) atoms. The van der Waals surface area contributed by atoms with E-state index in [1.165, 1.54) is 17.8 Å². The van der Waals surface area contributed by atoms with Crippen molar-refractivity contribution < 1.29 is 13.9 Å². The molecule has 0 spiro atoms. The highest BCUT2D eigenvalue weighted by molar-refractivity contribution is 8.05. The SMILES string of the molecule is CCCCOc1ccc(/C=C2\SC(Nc3ccccc3F)NC2=O)c2ccccc12. The quantitative estimate of drug-likeness (QED) is 0.376. The number of fused-ring (bicyclic) bond motifs is 1. The Bertz CT molecular complexity index is 1100. The smallest absolute Gasteiger partial charge is 0.260 e. The van der Waals surface area contributed by atoms with Crippen LogP contribution in [-0.4, -0.2) is 18.0 Å². The summed E-state index contributed by atoms with van der Waals surface area (Å²) in [4.78, 5) is 13.1.